The number of nitrogens with zero attached hydrogens (tertiary/aromatic N) is 2. The molecule has 0 spiro atoms. The third kappa shape index (κ3) is 4.49. The summed E-state index contributed by atoms with van der Waals surface area (Å²) < 4.78 is 37.9. The first-order valence-electron chi connectivity index (χ1n) is 10.2. The van der Waals surface area contributed by atoms with Crippen LogP contribution in [-0.4, -0.2) is 38.3 Å². The fourth-order valence-electron chi connectivity index (χ4n) is 3.81. The highest BCUT2D eigenvalue weighted by atomic mass is 19.1. The summed E-state index contributed by atoms with van der Waals surface area (Å²) in [6, 6.07) is 10.8. The van der Waals surface area contributed by atoms with Gasteiger partial charge in [-0.25, -0.2) is 13.6 Å². The maximum absolute atomic E-state index is 13.6. The quantitative estimate of drug-likeness (QED) is 0.552. The number of carbonyl (C=O) groups excluding carboxylic acids is 1. The van der Waals surface area contributed by atoms with Gasteiger partial charge in [0.05, 0.1) is 31.2 Å². The molecule has 6 nitrogen and oxygen atoms in total. The van der Waals surface area contributed by atoms with Crippen LogP contribution >= 0.6 is 0 Å². The molecule has 0 radical (unpaired) electrons. The Balaban J connectivity index is 1.53. The molecule has 166 valence electrons. The van der Waals surface area contributed by atoms with Crippen LogP contribution in [0, 0.1) is 11.6 Å². The van der Waals surface area contributed by atoms with Gasteiger partial charge in [0, 0.05) is 49.2 Å². The summed E-state index contributed by atoms with van der Waals surface area (Å²) in [5, 5.41) is 3.30. The van der Waals surface area contributed by atoms with Gasteiger partial charge in [-0.3, -0.25) is 4.98 Å². The SMILES string of the molecule is COC(=O)c1ccncc1NC[C@@H]1CCOc2cc(N(C)c3cc(F)cc(F)c3)ccc21. The summed E-state index contributed by atoms with van der Waals surface area (Å²) in [6.45, 7) is 1.12. The lowest BCUT2D eigenvalue weighted by Crippen LogP contribution is -2.22. The molecular weight excluding hydrogens is 416 g/mol. The van der Waals surface area contributed by atoms with Crippen LogP contribution in [-0.2, 0) is 4.74 Å². The van der Waals surface area contributed by atoms with E-state index in [2.05, 4.69) is 10.3 Å². The molecule has 2 aromatic carbocycles. The van der Waals surface area contributed by atoms with Gasteiger partial charge in [-0.05, 0) is 36.2 Å². The van der Waals surface area contributed by atoms with Crippen molar-refractivity contribution in [2.75, 3.05) is 37.5 Å². The van der Waals surface area contributed by atoms with E-state index in [1.165, 1.54) is 19.2 Å². The Bertz CT molecular complexity index is 1120. The number of carbonyl (C=O) groups is 1. The monoisotopic (exact) mass is 439 g/mol. The minimum Gasteiger partial charge on any atom is -0.493 e. The van der Waals surface area contributed by atoms with Crippen LogP contribution in [0.1, 0.15) is 28.3 Å². The lowest BCUT2D eigenvalue weighted by atomic mass is 9.92. The van der Waals surface area contributed by atoms with E-state index in [1.807, 2.05) is 18.2 Å². The molecule has 3 aromatic rings. The van der Waals surface area contributed by atoms with Crippen LogP contribution < -0.4 is 15.0 Å². The molecule has 0 saturated heterocycles. The Hall–Kier alpha value is -3.68. The van der Waals surface area contributed by atoms with Gasteiger partial charge in [0.25, 0.3) is 0 Å². The molecule has 0 unspecified atom stereocenters. The third-order valence-corrected chi connectivity index (χ3v) is 5.55. The summed E-state index contributed by atoms with van der Waals surface area (Å²) in [5.41, 5.74) is 3.21. The van der Waals surface area contributed by atoms with Crippen molar-refractivity contribution in [1.82, 2.24) is 4.98 Å². The van der Waals surface area contributed by atoms with Gasteiger partial charge in [-0.15, -0.1) is 0 Å². The molecule has 1 aliphatic rings. The predicted octanol–water partition coefficient (Wildman–Crippen LogP) is 4.89. The van der Waals surface area contributed by atoms with Crippen molar-refractivity contribution in [2.45, 2.75) is 12.3 Å². The minimum atomic E-state index is -0.631. The molecule has 0 fully saturated rings. The number of rotatable bonds is 6. The third-order valence-electron chi connectivity index (χ3n) is 5.55. The van der Waals surface area contributed by atoms with Gasteiger partial charge in [-0.1, -0.05) is 6.07 Å². The number of methoxy groups -OCH3 is 1. The Morgan fingerprint density at radius 1 is 1.19 bits per heavy atom. The lowest BCUT2D eigenvalue weighted by molar-refractivity contribution is 0.0601. The topological polar surface area (TPSA) is 63.7 Å². The van der Waals surface area contributed by atoms with E-state index < -0.39 is 17.6 Å². The molecule has 0 bridgehead atoms. The summed E-state index contributed by atoms with van der Waals surface area (Å²) in [5.74, 6) is -0.814. The van der Waals surface area contributed by atoms with Gasteiger partial charge in [0.1, 0.15) is 17.4 Å². The summed E-state index contributed by atoms with van der Waals surface area (Å²) in [4.78, 5) is 17.8. The molecule has 32 heavy (non-hydrogen) atoms. The molecule has 0 amide bonds. The second-order valence-electron chi connectivity index (χ2n) is 7.54. The van der Waals surface area contributed by atoms with E-state index >= 15 is 0 Å². The molecule has 2 heterocycles. The van der Waals surface area contributed by atoms with Crippen molar-refractivity contribution in [2.24, 2.45) is 0 Å². The first-order valence-corrected chi connectivity index (χ1v) is 10.2. The predicted molar refractivity (Wildman–Crippen MR) is 118 cm³/mol. The first kappa shape index (κ1) is 21.5. The highest BCUT2D eigenvalue weighted by Gasteiger charge is 2.23. The summed E-state index contributed by atoms with van der Waals surface area (Å²) >= 11 is 0. The largest absolute Gasteiger partial charge is 0.493 e. The number of ether oxygens (including phenoxy) is 2. The maximum Gasteiger partial charge on any atom is 0.340 e. The normalized spacial score (nSPS) is 14.8. The van der Waals surface area contributed by atoms with Crippen LogP contribution in [0.25, 0.3) is 0 Å². The molecule has 4 rings (SSSR count). The van der Waals surface area contributed by atoms with Crippen LogP contribution in [0.2, 0.25) is 0 Å². The Morgan fingerprint density at radius 3 is 2.72 bits per heavy atom. The minimum absolute atomic E-state index is 0.149. The van der Waals surface area contributed by atoms with Crippen molar-refractivity contribution >= 4 is 23.0 Å². The van der Waals surface area contributed by atoms with E-state index in [1.54, 1.807) is 30.4 Å². The lowest BCUT2D eigenvalue weighted by Gasteiger charge is -2.28. The standard InChI is InChI=1S/C24H23F2N3O3/c1-29(19-10-16(25)9-17(26)11-19)18-3-4-20-15(6-8-32-23(20)12-18)13-28-22-14-27-7-5-21(22)24(30)31-2/h3-5,7,9-12,14-15,28H,6,8,13H2,1-2H3/t15-/m0/s1. The van der Waals surface area contributed by atoms with Crippen molar-refractivity contribution in [1.29, 1.82) is 0 Å². The van der Waals surface area contributed by atoms with Gasteiger partial charge in [-0.2, -0.15) is 0 Å². The van der Waals surface area contributed by atoms with Crippen molar-refractivity contribution in [3.8, 4) is 5.75 Å². The van der Waals surface area contributed by atoms with Crippen LogP contribution in [0.3, 0.4) is 0 Å². The molecule has 8 heteroatoms. The molecule has 1 atom stereocenters. The zero-order valence-electron chi connectivity index (χ0n) is 17.8. The number of anilines is 3. The maximum atomic E-state index is 13.6. The van der Waals surface area contributed by atoms with E-state index in [0.717, 1.165) is 29.5 Å². The number of fused-ring (bicyclic) bond motifs is 1. The van der Waals surface area contributed by atoms with E-state index in [9.17, 15) is 13.6 Å². The number of hydrogen-bond donors (Lipinski definition) is 1. The molecular formula is C24H23F2N3O3. The number of pyridine rings is 1. The smallest absolute Gasteiger partial charge is 0.340 e. The number of aromatic nitrogens is 1. The van der Waals surface area contributed by atoms with Crippen LogP contribution in [0.15, 0.2) is 54.9 Å². The number of halogens is 2. The van der Waals surface area contributed by atoms with Crippen molar-refractivity contribution in [3.05, 3.63) is 77.6 Å². The highest BCUT2D eigenvalue weighted by molar-refractivity contribution is 5.95. The van der Waals surface area contributed by atoms with E-state index in [0.29, 0.717) is 30.1 Å². The second-order valence-corrected chi connectivity index (χ2v) is 7.54. The summed E-state index contributed by atoms with van der Waals surface area (Å²) in [6.07, 6.45) is 3.95. The average Bonchev–Trinajstić information content (AvgIpc) is 2.80. The number of nitrogens with one attached hydrogen (secondary N) is 1. The van der Waals surface area contributed by atoms with Gasteiger partial charge < -0.3 is 19.7 Å². The van der Waals surface area contributed by atoms with Crippen LogP contribution in [0.4, 0.5) is 25.8 Å². The summed E-state index contributed by atoms with van der Waals surface area (Å²) in [7, 11) is 3.09. The van der Waals surface area contributed by atoms with Gasteiger partial charge >= 0.3 is 5.97 Å². The van der Waals surface area contributed by atoms with Crippen molar-refractivity contribution in [3.63, 3.8) is 0 Å². The molecule has 1 aliphatic heterocycles. The zero-order valence-corrected chi connectivity index (χ0v) is 17.8. The Morgan fingerprint density at radius 2 is 1.97 bits per heavy atom. The van der Waals surface area contributed by atoms with Crippen molar-refractivity contribution < 1.29 is 23.0 Å². The number of benzene rings is 2. The zero-order chi connectivity index (χ0) is 22.7. The van der Waals surface area contributed by atoms with E-state index in [-0.39, 0.29) is 5.92 Å². The number of esters is 1. The first-order chi connectivity index (χ1) is 15.5. The molecule has 1 N–H and O–H groups in total. The van der Waals surface area contributed by atoms with E-state index in [4.69, 9.17) is 9.47 Å². The van der Waals surface area contributed by atoms with Gasteiger partial charge in [0.15, 0.2) is 0 Å². The average molecular weight is 439 g/mol. The Labute approximate surface area is 184 Å². The number of hydrogen-bond acceptors (Lipinski definition) is 6. The van der Waals surface area contributed by atoms with Gasteiger partial charge in [0.2, 0.25) is 0 Å². The molecule has 0 saturated carbocycles. The Kier molecular flexibility index (Phi) is 6.20. The fourth-order valence-corrected chi connectivity index (χ4v) is 3.81. The second kappa shape index (κ2) is 9.21. The molecule has 1 aromatic heterocycles. The van der Waals surface area contributed by atoms with Crippen LogP contribution in [0.5, 0.6) is 5.75 Å². The molecule has 0 aliphatic carbocycles. The fraction of sp³-hybridized carbons (Fsp3) is 0.250. The highest BCUT2D eigenvalue weighted by Crippen LogP contribution is 2.38.